The minimum Gasteiger partial charge on any atom is -0.481 e. The van der Waals surface area contributed by atoms with Gasteiger partial charge in [-0.05, 0) is 11.6 Å². The quantitative estimate of drug-likeness (QED) is 0.842. The standard InChI is InChI=1S/C18H13NO5/c20-14(8-9-15(21)22)19-13-7-3-6-12-16(13)10-4-1-2-5-11(10)17(23)18(12)24/h1-7H,8-9H2,(H,19,20)(H,21,22). The maximum Gasteiger partial charge on any atom is 0.303 e. The number of benzene rings is 2. The molecule has 2 aromatic carbocycles. The zero-order valence-corrected chi connectivity index (χ0v) is 12.5. The molecule has 3 rings (SSSR count). The van der Waals surface area contributed by atoms with Crippen molar-refractivity contribution in [1.29, 1.82) is 0 Å². The number of hydrogen-bond acceptors (Lipinski definition) is 4. The molecule has 1 aliphatic carbocycles. The monoisotopic (exact) mass is 323 g/mol. The average Bonchev–Trinajstić information content (AvgIpc) is 2.58. The van der Waals surface area contributed by atoms with E-state index in [2.05, 4.69) is 5.32 Å². The third-order valence-electron chi connectivity index (χ3n) is 3.80. The van der Waals surface area contributed by atoms with Gasteiger partial charge in [0.05, 0.1) is 6.42 Å². The molecule has 2 N–H and O–H groups in total. The van der Waals surface area contributed by atoms with Crippen LogP contribution in [0.15, 0.2) is 42.5 Å². The van der Waals surface area contributed by atoms with E-state index >= 15 is 0 Å². The molecule has 6 heteroatoms. The van der Waals surface area contributed by atoms with Crippen molar-refractivity contribution in [3.63, 3.8) is 0 Å². The Morgan fingerprint density at radius 3 is 2.17 bits per heavy atom. The first-order chi connectivity index (χ1) is 11.5. The number of fused-ring (bicyclic) bond motifs is 3. The van der Waals surface area contributed by atoms with Crippen molar-refractivity contribution in [2.24, 2.45) is 0 Å². The van der Waals surface area contributed by atoms with Gasteiger partial charge in [-0.25, -0.2) is 0 Å². The summed E-state index contributed by atoms with van der Waals surface area (Å²) in [5.41, 5.74) is 1.97. The van der Waals surface area contributed by atoms with Crippen LogP contribution in [0.5, 0.6) is 0 Å². The number of hydrogen-bond donors (Lipinski definition) is 2. The molecule has 0 aliphatic heterocycles. The lowest BCUT2D eigenvalue weighted by Gasteiger charge is -2.21. The number of aliphatic carboxylic acids is 1. The van der Waals surface area contributed by atoms with E-state index in [-0.39, 0.29) is 18.4 Å². The molecule has 120 valence electrons. The first-order valence-corrected chi connectivity index (χ1v) is 7.32. The van der Waals surface area contributed by atoms with E-state index in [1.165, 1.54) is 0 Å². The van der Waals surface area contributed by atoms with E-state index < -0.39 is 23.4 Å². The van der Waals surface area contributed by atoms with E-state index in [9.17, 15) is 19.2 Å². The molecule has 0 heterocycles. The fourth-order valence-electron chi connectivity index (χ4n) is 2.71. The molecule has 6 nitrogen and oxygen atoms in total. The summed E-state index contributed by atoms with van der Waals surface area (Å²) in [5.74, 6) is -2.73. The normalized spacial score (nSPS) is 12.3. The number of rotatable bonds is 4. The van der Waals surface area contributed by atoms with Crippen LogP contribution in [0.2, 0.25) is 0 Å². The first-order valence-electron chi connectivity index (χ1n) is 7.32. The second-order valence-electron chi connectivity index (χ2n) is 5.37. The van der Waals surface area contributed by atoms with Gasteiger partial charge in [-0.15, -0.1) is 0 Å². The Balaban J connectivity index is 2.04. The molecule has 1 amide bonds. The highest BCUT2D eigenvalue weighted by atomic mass is 16.4. The summed E-state index contributed by atoms with van der Waals surface area (Å²) in [6.07, 6.45) is -0.456. The molecule has 24 heavy (non-hydrogen) atoms. The molecule has 0 saturated carbocycles. The van der Waals surface area contributed by atoms with E-state index in [1.807, 2.05) is 0 Å². The lowest BCUT2D eigenvalue weighted by molar-refractivity contribution is -0.138. The van der Waals surface area contributed by atoms with Gasteiger partial charge in [-0.2, -0.15) is 0 Å². The summed E-state index contributed by atoms with van der Waals surface area (Å²) >= 11 is 0. The van der Waals surface area contributed by atoms with Gasteiger partial charge in [-0.3, -0.25) is 19.2 Å². The molecule has 0 aromatic heterocycles. The number of carboxylic acids is 1. The number of anilines is 1. The number of ketones is 2. The first kappa shape index (κ1) is 15.6. The van der Waals surface area contributed by atoms with Crippen LogP contribution >= 0.6 is 0 Å². The van der Waals surface area contributed by atoms with Crippen molar-refractivity contribution in [1.82, 2.24) is 0 Å². The molecular weight excluding hydrogens is 310 g/mol. The number of nitrogens with one attached hydrogen (secondary N) is 1. The van der Waals surface area contributed by atoms with E-state index in [1.54, 1.807) is 42.5 Å². The second kappa shape index (κ2) is 6.08. The average molecular weight is 323 g/mol. The Hall–Kier alpha value is -3.28. The minimum atomic E-state index is -1.06. The highest BCUT2D eigenvalue weighted by Gasteiger charge is 2.31. The summed E-state index contributed by atoms with van der Waals surface area (Å²) in [7, 11) is 0. The van der Waals surface area contributed by atoms with Crippen LogP contribution in [0.1, 0.15) is 33.6 Å². The number of carbonyl (C=O) groups excluding carboxylic acids is 3. The molecule has 0 bridgehead atoms. The van der Waals surface area contributed by atoms with Crippen LogP contribution in [0, 0.1) is 0 Å². The molecule has 0 spiro atoms. The van der Waals surface area contributed by atoms with Crippen molar-refractivity contribution in [3.8, 4) is 11.1 Å². The smallest absolute Gasteiger partial charge is 0.303 e. The highest BCUT2D eigenvalue weighted by Crippen LogP contribution is 2.38. The number of carboxylic acid groups (broad SMARTS) is 1. The number of Topliss-reactive ketones (excluding diaryl/α,β-unsaturated/α-hetero) is 2. The molecule has 0 fully saturated rings. The highest BCUT2D eigenvalue weighted by molar-refractivity contribution is 6.53. The Bertz CT molecular complexity index is 885. The third kappa shape index (κ3) is 2.69. The SMILES string of the molecule is O=C(O)CCC(=O)Nc1cccc2c1-c1ccccc1C(=O)C2=O. The summed E-state index contributed by atoms with van der Waals surface area (Å²) in [6.45, 7) is 0. The number of amides is 1. The van der Waals surface area contributed by atoms with Crippen LogP contribution in [-0.2, 0) is 9.59 Å². The Morgan fingerprint density at radius 2 is 1.46 bits per heavy atom. The molecule has 0 atom stereocenters. The lowest BCUT2D eigenvalue weighted by Crippen LogP contribution is -2.23. The third-order valence-corrected chi connectivity index (χ3v) is 3.80. The maximum atomic E-state index is 12.3. The Kier molecular flexibility index (Phi) is 3.95. The lowest BCUT2D eigenvalue weighted by atomic mass is 9.83. The molecule has 0 unspecified atom stereocenters. The van der Waals surface area contributed by atoms with Crippen molar-refractivity contribution in [2.75, 3.05) is 5.32 Å². The van der Waals surface area contributed by atoms with Crippen molar-refractivity contribution >= 4 is 29.1 Å². The van der Waals surface area contributed by atoms with Gasteiger partial charge in [0.1, 0.15) is 0 Å². The van der Waals surface area contributed by atoms with E-state index in [0.29, 0.717) is 22.4 Å². The fraction of sp³-hybridized carbons (Fsp3) is 0.111. The molecular formula is C18H13NO5. The van der Waals surface area contributed by atoms with Gasteiger partial charge in [0, 0.05) is 28.8 Å². The van der Waals surface area contributed by atoms with Gasteiger partial charge < -0.3 is 10.4 Å². The van der Waals surface area contributed by atoms with Gasteiger partial charge in [0.15, 0.2) is 0 Å². The summed E-state index contributed by atoms with van der Waals surface area (Å²) < 4.78 is 0. The molecule has 0 radical (unpaired) electrons. The topological polar surface area (TPSA) is 101 Å². The zero-order valence-electron chi connectivity index (χ0n) is 12.5. The Labute approximate surface area is 137 Å². The van der Waals surface area contributed by atoms with Crippen molar-refractivity contribution in [3.05, 3.63) is 53.6 Å². The molecule has 0 saturated heterocycles. The van der Waals surface area contributed by atoms with Crippen LogP contribution in [-0.4, -0.2) is 28.5 Å². The predicted octanol–water partition coefficient (Wildman–Crippen LogP) is 2.54. The summed E-state index contributed by atoms with van der Waals surface area (Å²) in [5, 5.41) is 11.3. The predicted molar refractivity (Wildman–Crippen MR) is 86.0 cm³/mol. The van der Waals surface area contributed by atoms with Crippen molar-refractivity contribution < 1.29 is 24.3 Å². The molecule has 1 aliphatic rings. The number of carbonyl (C=O) groups is 4. The largest absolute Gasteiger partial charge is 0.481 e. The van der Waals surface area contributed by atoms with Crippen LogP contribution in [0.4, 0.5) is 5.69 Å². The van der Waals surface area contributed by atoms with Crippen LogP contribution < -0.4 is 5.32 Å². The fourth-order valence-corrected chi connectivity index (χ4v) is 2.71. The summed E-state index contributed by atoms with van der Waals surface area (Å²) in [6, 6.07) is 11.4. The minimum absolute atomic E-state index is 0.173. The van der Waals surface area contributed by atoms with Gasteiger partial charge >= 0.3 is 5.97 Å². The Morgan fingerprint density at radius 1 is 0.833 bits per heavy atom. The molecule has 2 aromatic rings. The van der Waals surface area contributed by atoms with E-state index in [4.69, 9.17) is 5.11 Å². The van der Waals surface area contributed by atoms with Gasteiger partial charge in [0.2, 0.25) is 17.5 Å². The van der Waals surface area contributed by atoms with Gasteiger partial charge in [-0.1, -0.05) is 36.4 Å². The van der Waals surface area contributed by atoms with Crippen LogP contribution in [0.3, 0.4) is 0 Å². The van der Waals surface area contributed by atoms with Gasteiger partial charge in [0.25, 0.3) is 0 Å². The zero-order chi connectivity index (χ0) is 17.3. The second-order valence-corrected chi connectivity index (χ2v) is 5.37. The van der Waals surface area contributed by atoms with Crippen LogP contribution in [0.25, 0.3) is 11.1 Å². The summed E-state index contributed by atoms with van der Waals surface area (Å²) in [4.78, 5) is 47.0. The maximum absolute atomic E-state index is 12.3. The van der Waals surface area contributed by atoms with Crippen molar-refractivity contribution in [2.45, 2.75) is 12.8 Å². The van der Waals surface area contributed by atoms with E-state index in [0.717, 1.165) is 0 Å².